The monoisotopic (exact) mass is 335 g/mol. The van der Waals surface area contributed by atoms with E-state index in [0.717, 1.165) is 25.9 Å². The third-order valence-electron chi connectivity index (χ3n) is 4.46. The van der Waals surface area contributed by atoms with Gasteiger partial charge in [0.25, 0.3) is 0 Å². The first-order chi connectivity index (χ1) is 11.6. The predicted octanol–water partition coefficient (Wildman–Crippen LogP) is 2.12. The fourth-order valence-electron chi connectivity index (χ4n) is 3.17. The number of benzene rings is 1. The molecule has 3 amide bonds. The molecule has 2 aliphatic rings. The van der Waals surface area contributed by atoms with Gasteiger partial charge in [-0.05, 0) is 37.8 Å². The van der Waals surface area contributed by atoms with Crippen LogP contribution >= 0.6 is 0 Å². The van der Waals surface area contributed by atoms with E-state index < -0.39 is 17.9 Å². The Hall–Kier alpha value is -2.15. The Kier molecular flexibility index (Phi) is 5.30. The molecular weight excluding hydrogens is 313 g/mol. The van der Waals surface area contributed by atoms with Crippen LogP contribution < -0.4 is 10.6 Å². The summed E-state index contributed by atoms with van der Waals surface area (Å²) < 4.78 is 19.1. The van der Waals surface area contributed by atoms with Gasteiger partial charge >= 0.3 is 6.03 Å². The van der Waals surface area contributed by atoms with Crippen molar-refractivity contribution in [3.8, 4) is 0 Å². The van der Waals surface area contributed by atoms with Gasteiger partial charge in [-0.1, -0.05) is 12.1 Å². The van der Waals surface area contributed by atoms with Crippen LogP contribution in [0.15, 0.2) is 24.3 Å². The van der Waals surface area contributed by atoms with Gasteiger partial charge in [0.1, 0.15) is 11.9 Å². The summed E-state index contributed by atoms with van der Waals surface area (Å²) in [6.45, 7) is 1.69. The molecule has 0 spiro atoms. The van der Waals surface area contributed by atoms with E-state index in [9.17, 15) is 14.0 Å². The van der Waals surface area contributed by atoms with E-state index in [4.69, 9.17) is 4.74 Å². The van der Waals surface area contributed by atoms with Crippen LogP contribution in [0.5, 0.6) is 0 Å². The number of likely N-dealkylation sites (tertiary alicyclic amines) is 1. The van der Waals surface area contributed by atoms with E-state index in [0.29, 0.717) is 19.5 Å². The summed E-state index contributed by atoms with van der Waals surface area (Å²) >= 11 is 0. The molecule has 2 aliphatic heterocycles. The average molecular weight is 335 g/mol. The van der Waals surface area contributed by atoms with Crippen molar-refractivity contribution in [1.82, 2.24) is 10.2 Å². The normalized spacial score (nSPS) is 23.3. The van der Waals surface area contributed by atoms with E-state index in [1.54, 1.807) is 12.1 Å². The highest BCUT2D eigenvalue weighted by atomic mass is 19.1. The number of nitrogens with zero attached hydrogens (tertiary/aromatic N) is 1. The van der Waals surface area contributed by atoms with Gasteiger partial charge in [0.15, 0.2) is 0 Å². The van der Waals surface area contributed by atoms with E-state index in [1.807, 2.05) is 0 Å². The van der Waals surface area contributed by atoms with Crippen LogP contribution in [0, 0.1) is 5.82 Å². The van der Waals surface area contributed by atoms with Gasteiger partial charge < -0.3 is 20.3 Å². The van der Waals surface area contributed by atoms with Crippen molar-refractivity contribution in [2.75, 3.05) is 25.0 Å². The third kappa shape index (κ3) is 3.84. The van der Waals surface area contributed by atoms with Crippen molar-refractivity contribution >= 4 is 17.6 Å². The topological polar surface area (TPSA) is 70.7 Å². The van der Waals surface area contributed by atoms with E-state index in [-0.39, 0.29) is 17.7 Å². The molecule has 7 heteroatoms. The molecule has 2 saturated heterocycles. The molecule has 6 nitrogen and oxygen atoms in total. The van der Waals surface area contributed by atoms with Crippen molar-refractivity contribution in [2.24, 2.45) is 0 Å². The lowest BCUT2D eigenvalue weighted by Crippen LogP contribution is -2.48. The predicted molar refractivity (Wildman–Crippen MR) is 87.1 cm³/mol. The number of ether oxygens (including phenoxy) is 1. The zero-order chi connectivity index (χ0) is 16.9. The Morgan fingerprint density at radius 2 is 2.08 bits per heavy atom. The molecule has 130 valence electrons. The van der Waals surface area contributed by atoms with Crippen LogP contribution in [0.25, 0.3) is 0 Å². The van der Waals surface area contributed by atoms with Gasteiger partial charge in [0.05, 0.1) is 11.8 Å². The fourth-order valence-corrected chi connectivity index (χ4v) is 3.17. The first-order valence-electron chi connectivity index (χ1n) is 8.36. The highest BCUT2D eigenvalue weighted by molar-refractivity contribution is 5.94. The molecule has 2 heterocycles. The fraction of sp³-hybridized carbons (Fsp3) is 0.529. The Labute approximate surface area is 140 Å². The van der Waals surface area contributed by atoms with Crippen LogP contribution in [0.3, 0.4) is 0 Å². The second-order valence-electron chi connectivity index (χ2n) is 6.14. The lowest BCUT2D eigenvalue weighted by molar-refractivity contribution is -0.125. The summed E-state index contributed by atoms with van der Waals surface area (Å²) in [6, 6.07) is 5.02. The Morgan fingerprint density at radius 3 is 2.83 bits per heavy atom. The van der Waals surface area contributed by atoms with E-state index in [1.165, 1.54) is 17.0 Å². The first kappa shape index (κ1) is 16.7. The molecule has 2 atom stereocenters. The summed E-state index contributed by atoms with van der Waals surface area (Å²) in [6.07, 6.45) is 3.39. The van der Waals surface area contributed by atoms with Crippen molar-refractivity contribution in [3.05, 3.63) is 30.1 Å². The molecule has 0 unspecified atom stereocenters. The maximum Gasteiger partial charge on any atom is 0.322 e. The summed E-state index contributed by atoms with van der Waals surface area (Å²) in [5, 5.41) is 5.41. The zero-order valence-corrected chi connectivity index (χ0v) is 13.5. The second kappa shape index (κ2) is 7.61. The van der Waals surface area contributed by atoms with Crippen LogP contribution in [0.4, 0.5) is 14.9 Å². The summed E-state index contributed by atoms with van der Waals surface area (Å²) in [7, 11) is 0. The molecule has 0 aliphatic carbocycles. The number of hydrogen-bond acceptors (Lipinski definition) is 3. The second-order valence-corrected chi connectivity index (χ2v) is 6.14. The summed E-state index contributed by atoms with van der Waals surface area (Å²) in [5.74, 6) is -0.670. The molecule has 1 aromatic carbocycles. The molecule has 2 fully saturated rings. The van der Waals surface area contributed by atoms with Crippen LogP contribution in [0.2, 0.25) is 0 Å². The van der Waals surface area contributed by atoms with Crippen LogP contribution in [-0.2, 0) is 9.53 Å². The van der Waals surface area contributed by atoms with Gasteiger partial charge in [0, 0.05) is 19.7 Å². The van der Waals surface area contributed by atoms with Gasteiger partial charge in [0.2, 0.25) is 5.91 Å². The minimum atomic E-state index is -0.516. The minimum Gasteiger partial charge on any atom is -0.376 e. The molecule has 3 rings (SSSR count). The lowest BCUT2D eigenvalue weighted by atomic mass is 10.2. The van der Waals surface area contributed by atoms with Crippen molar-refractivity contribution in [2.45, 2.75) is 37.8 Å². The van der Waals surface area contributed by atoms with Gasteiger partial charge in [-0.15, -0.1) is 0 Å². The number of urea groups is 1. The number of carbonyl (C=O) groups excluding carboxylic acids is 2. The highest BCUT2D eigenvalue weighted by Crippen LogP contribution is 2.20. The molecule has 24 heavy (non-hydrogen) atoms. The zero-order valence-electron chi connectivity index (χ0n) is 13.5. The number of hydrogen-bond donors (Lipinski definition) is 2. The summed E-state index contributed by atoms with van der Waals surface area (Å²) in [5.41, 5.74) is 0.118. The molecule has 0 saturated carbocycles. The van der Waals surface area contributed by atoms with Gasteiger partial charge in [-0.3, -0.25) is 4.79 Å². The third-order valence-corrected chi connectivity index (χ3v) is 4.46. The van der Waals surface area contributed by atoms with E-state index in [2.05, 4.69) is 10.6 Å². The number of anilines is 1. The SMILES string of the molecule is O=C(NC[C@@H]1CCCO1)[C@@H]1CCCN1C(=O)Nc1ccccc1F. The largest absolute Gasteiger partial charge is 0.376 e. The average Bonchev–Trinajstić information content (AvgIpc) is 3.26. The number of amides is 3. The molecular formula is C17H22FN3O3. The molecule has 1 aromatic rings. The van der Waals surface area contributed by atoms with Gasteiger partial charge in [-0.25, -0.2) is 9.18 Å². The number of halogens is 1. The first-order valence-corrected chi connectivity index (χ1v) is 8.36. The molecule has 0 bridgehead atoms. The Balaban J connectivity index is 1.56. The maximum absolute atomic E-state index is 13.7. The van der Waals surface area contributed by atoms with Crippen LogP contribution in [0.1, 0.15) is 25.7 Å². The minimum absolute atomic E-state index is 0.0658. The smallest absolute Gasteiger partial charge is 0.322 e. The van der Waals surface area contributed by atoms with Crippen molar-refractivity contribution in [1.29, 1.82) is 0 Å². The maximum atomic E-state index is 13.7. The standard InChI is InChI=1S/C17H22FN3O3/c18-13-6-1-2-7-14(13)20-17(23)21-9-3-8-15(21)16(22)19-11-12-5-4-10-24-12/h1-2,6-7,12,15H,3-5,8-11H2,(H,19,22)(H,20,23)/t12-,15-/m0/s1. The number of nitrogens with one attached hydrogen (secondary N) is 2. The van der Waals surface area contributed by atoms with E-state index >= 15 is 0 Å². The number of para-hydroxylation sites is 1. The highest BCUT2D eigenvalue weighted by Gasteiger charge is 2.34. The summed E-state index contributed by atoms with van der Waals surface area (Å²) in [4.78, 5) is 26.2. The quantitative estimate of drug-likeness (QED) is 0.885. The number of carbonyl (C=O) groups is 2. The van der Waals surface area contributed by atoms with Gasteiger partial charge in [-0.2, -0.15) is 0 Å². The lowest BCUT2D eigenvalue weighted by Gasteiger charge is -2.25. The van der Waals surface area contributed by atoms with Crippen molar-refractivity contribution in [3.63, 3.8) is 0 Å². The molecule has 2 N–H and O–H groups in total. The molecule has 0 radical (unpaired) electrons. The number of rotatable bonds is 4. The molecule has 0 aromatic heterocycles. The Morgan fingerprint density at radius 1 is 1.25 bits per heavy atom. The van der Waals surface area contributed by atoms with Crippen molar-refractivity contribution < 1.29 is 18.7 Å². The van der Waals surface area contributed by atoms with Crippen LogP contribution in [-0.4, -0.2) is 48.7 Å². The Bertz CT molecular complexity index is 604.